The third kappa shape index (κ3) is 3.74. The summed E-state index contributed by atoms with van der Waals surface area (Å²) in [6, 6.07) is 6.75. The van der Waals surface area contributed by atoms with Gasteiger partial charge in [0.1, 0.15) is 5.75 Å². The van der Waals surface area contributed by atoms with Gasteiger partial charge in [0.15, 0.2) is 0 Å². The molecule has 96 valence electrons. The van der Waals surface area contributed by atoms with Gasteiger partial charge in [0.25, 0.3) is 0 Å². The Labute approximate surface area is 105 Å². The topological polar surface area (TPSA) is 21.3 Å². The Balaban J connectivity index is 3.02. The number of hydrogen-bond donors (Lipinski definition) is 1. The summed E-state index contributed by atoms with van der Waals surface area (Å²) in [6.07, 6.45) is 1.15. The van der Waals surface area contributed by atoms with Crippen molar-refractivity contribution >= 4 is 0 Å². The molecule has 0 bridgehead atoms. The van der Waals surface area contributed by atoms with Crippen LogP contribution in [0.5, 0.6) is 5.75 Å². The van der Waals surface area contributed by atoms with E-state index < -0.39 is 0 Å². The molecule has 1 aromatic rings. The maximum Gasteiger partial charge on any atom is 0.123 e. The normalized spacial score (nSPS) is 12.8. The van der Waals surface area contributed by atoms with Crippen molar-refractivity contribution in [2.24, 2.45) is 5.92 Å². The summed E-state index contributed by atoms with van der Waals surface area (Å²) >= 11 is 0. The van der Waals surface area contributed by atoms with Crippen LogP contribution in [-0.2, 0) is 0 Å². The minimum Gasteiger partial charge on any atom is -0.496 e. The van der Waals surface area contributed by atoms with Crippen molar-refractivity contribution in [3.05, 3.63) is 29.3 Å². The summed E-state index contributed by atoms with van der Waals surface area (Å²) in [4.78, 5) is 0. The average molecular weight is 235 g/mol. The Bertz CT molecular complexity index is 347. The first-order chi connectivity index (χ1) is 8.10. The lowest BCUT2D eigenvalue weighted by Crippen LogP contribution is -2.26. The van der Waals surface area contributed by atoms with Crippen LogP contribution in [0.3, 0.4) is 0 Å². The van der Waals surface area contributed by atoms with Gasteiger partial charge >= 0.3 is 0 Å². The fourth-order valence-corrected chi connectivity index (χ4v) is 2.10. The van der Waals surface area contributed by atoms with E-state index in [1.165, 1.54) is 11.1 Å². The summed E-state index contributed by atoms with van der Waals surface area (Å²) in [5.74, 6) is 1.54. The SMILES string of the molecule is CCCNC(c1cc(C)ccc1OC)C(C)C. The fraction of sp³-hybridized carbons (Fsp3) is 0.600. The van der Waals surface area contributed by atoms with Crippen molar-refractivity contribution in [2.45, 2.75) is 40.2 Å². The van der Waals surface area contributed by atoms with Gasteiger partial charge in [-0.05, 0) is 31.9 Å². The molecule has 0 amide bonds. The maximum atomic E-state index is 5.47. The second-order valence-electron chi connectivity index (χ2n) is 4.92. The smallest absolute Gasteiger partial charge is 0.123 e. The van der Waals surface area contributed by atoms with Gasteiger partial charge in [0, 0.05) is 11.6 Å². The highest BCUT2D eigenvalue weighted by Gasteiger charge is 2.18. The lowest BCUT2D eigenvalue weighted by Gasteiger charge is -2.25. The van der Waals surface area contributed by atoms with E-state index >= 15 is 0 Å². The number of benzene rings is 1. The molecule has 0 aliphatic heterocycles. The molecule has 0 spiro atoms. The first-order valence-corrected chi connectivity index (χ1v) is 6.48. The van der Waals surface area contributed by atoms with E-state index in [1.54, 1.807) is 7.11 Å². The fourth-order valence-electron chi connectivity index (χ4n) is 2.10. The summed E-state index contributed by atoms with van der Waals surface area (Å²) in [7, 11) is 1.74. The zero-order chi connectivity index (χ0) is 12.8. The van der Waals surface area contributed by atoms with Gasteiger partial charge in [0.05, 0.1) is 7.11 Å². The first kappa shape index (κ1) is 14.0. The zero-order valence-corrected chi connectivity index (χ0v) is 11.7. The second-order valence-corrected chi connectivity index (χ2v) is 4.92. The molecular formula is C15H25NO. The quantitative estimate of drug-likeness (QED) is 0.811. The van der Waals surface area contributed by atoms with Gasteiger partial charge in [-0.1, -0.05) is 38.5 Å². The molecule has 1 rings (SSSR count). The molecule has 0 fully saturated rings. The molecule has 0 aromatic heterocycles. The Morgan fingerprint density at radius 2 is 2.00 bits per heavy atom. The van der Waals surface area contributed by atoms with E-state index in [2.05, 4.69) is 51.2 Å². The molecule has 0 aliphatic carbocycles. The van der Waals surface area contributed by atoms with E-state index in [-0.39, 0.29) is 0 Å². The Morgan fingerprint density at radius 1 is 1.29 bits per heavy atom. The number of hydrogen-bond acceptors (Lipinski definition) is 2. The molecule has 2 nitrogen and oxygen atoms in total. The van der Waals surface area contributed by atoms with Crippen LogP contribution in [0.1, 0.15) is 44.4 Å². The number of ether oxygens (including phenoxy) is 1. The van der Waals surface area contributed by atoms with Crippen molar-refractivity contribution in [3.8, 4) is 5.75 Å². The van der Waals surface area contributed by atoms with Gasteiger partial charge in [-0.25, -0.2) is 0 Å². The molecule has 0 saturated carbocycles. The predicted octanol–water partition coefficient (Wildman–Crippen LogP) is 3.70. The Kier molecular flexibility index (Phi) is 5.49. The minimum atomic E-state index is 0.366. The van der Waals surface area contributed by atoms with Gasteiger partial charge in [-0.15, -0.1) is 0 Å². The molecule has 0 heterocycles. The van der Waals surface area contributed by atoms with Crippen molar-refractivity contribution < 1.29 is 4.74 Å². The van der Waals surface area contributed by atoms with E-state index in [0.717, 1.165) is 18.7 Å². The molecule has 0 saturated heterocycles. The standard InChI is InChI=1S/C15H25NO/c1-6-9-16-15(11(2)3)13-10-12(4)7-8-14(13)17-5/h7-8,10-11,15-16H,6,9H2,1-5H3. The van der Waals surface area contributed by atoms with Crippen LogP contribution in [0.2, 0.25) is 0 Å². The second kappa shape index (κ2) is 6.65. The number of nitrogens with one attached hydrogen (secondary N) is 1. The molecular weight excluding hydrogens is 210 g/mol. The third-order valence-electron chi connectivity index (χ3n) is 3.00. The molecule has 1 unspecified atom stereocenters. The summed E-state index contributed by atoms with van der Waals surface area (Å²) in [6.45, 7) is 9.85. The summed E-state index contributed by atoms with van der Waals surface area (Å²) in [5, 5.41) is 3.61. The van der Waals surface area contributed by atoms with Crippen molar-refractivity contribution in [1.82, 2.24) is 5.32 Å². The third-order valence-corrected chi connectivity index (χ3v) is 3.00. The molecule has 1 N–H and O–H groups in total. The van der Waals surface area contributed by atoms with Crippen molar-refractivity contribution in [1.29, 1.82) is 0 Å². The molecule has 1 atom stereocenters. The Hall–Kier alpha value is -1.02. The van der Waals surface area contributed by atoms with Gasteiger partial charge < -0.3 is 10.1 Å². The monoisotopic (exact) mass is 235 g/mol. The maximum absolute atomic E-state index is 5.47. The van der Waals surface area contributed by atoms with Crippen LogP contribution in [0.4, 0.5) is 0 Å². The largest absolute Gasteiger partial charge is 0.496 e. The van der Waals surface area contributed by atoms with Crippen LogP contribution < -0.4 is 10.1 Å². The number of rotatable bonds is 6. The van der Waals surface area contributed by atoms with Gasteiger partial charge in [-0.3, -0.25) is 0 Å². The van der Waals surface area contributed by atoms with Gasteiger partial charge in [0.2, 0.25) is 0 Å². The average Bonchev–Trinajstić information content (AvgIpc) is 2.29. The number of aryl methyl sites for hydroxylation is 1. The minimum absolute atomic E-state index is 0.366. The van der Waals surface area contributed by atoms with Crippen molar-refractivity contribution in [2.75, 3.05) is 13.7 Å². The van der Waals surface area contributed by atoms with E-state index in [0.29, 0.717) is 12.0 Å². The lowest BCUT2D eigenvalue weighted by atomic mass is 9.94. The highest BCUT2D eigenvalue weighted by molar-refractivity contribution is 5.39. The molecule has 1 aromatic carbocycles. The van der Waals surface area contributed by atoms with Crippen LogP contribution in [0.25, 0.3) is 0 Å². The molecule has 0 aliphatic rings. The van der Waals surface area contributed by atoms with Crippen LogP contribution in [0, 0.1) is 12.8 Å². The lowest BCUT2D eigenvalue weighted by molar-refractivity contribution is 0.370. The highest BCUT2D eigenvalue weighted by Crippen LogP contribution is 2.30. The van der Waals surface area contributed by atoms with Crippen LogP contribution in [-0.4, -0.2) is 13.7 Å². The van der Waals surface area contributed by atoms with Crippen molar-refractivity contribution in [3.63, 3.8) is 0 Å². The first-order valence-electron chi connectivity index (χ1n) is 6.48. The highest BCUT2D eigenvalue weighted by atomic mass is 16.5. The molecule has 17 heavy (non-hydrogen) atoms. The number of methoxy groups -OCH3 is 1. The van der Waals surface area contributed by atoms with Crippen LogP contribution >= 0.6 is 0 Å². The van der Waals surface area contributed by atoms with Gasteiger partial charge in [-0.2, -0.15) is 0 Å². The van der Waals surface area contributed by atoms with E-state index in [9.17, 15) is 0 Å². The van der Waals surface area contributed by atoms with E-state index in [1.807, 2.05) is 0 Å². The van der Waals surface area contributed by atoms with E-state index in [4.69, 9.17) is 4.74 Å². The zero-order valence-electron chi connectivity index (χ0n) is 11.7. The summed E-state index contributed by atoms with van der Waals surface area (Å²) in [5.41, 5.74) is 2.56. The predicted molar refractivity (Wildman–Crippen MR) is 73.6 cm³/mol. The summed E-state index contributed by atoms with van der Waals surface area (Å²) < 4.78 is 5.47. The Morgan fingerprint density at radius 3 is 2.53 bits per heavy atom. The van der Waals surface area contributed by atoms with Crippen LogP contribution in [0.15, 0.2) is 18.2 Å². The molecule has 0 radical (unpaired) electrons. The molecule has 2 heteroatoms.